The Kier molecular flexibility index (Phi) is 7.02. The number of thioether (sulfide) groups is 1. The van der Waals surface area contributed by atoms with Gasteiger partial charge >= 0.3 is 0 Å². The molecule has 150 valence electrons. The van der Waals surface area contributed by atoms with Gasteiger partial charge in [0.1, 0.15) is 0 Å². The van der Waals surface area contributed by atoms with Crippen LogP contribution in [0.25, 0.3) is 0 Å². The maximum Gasteiger partial charge on any atom is 0.261 e. The molecular weight excluding hydrogens is 392 g/mol. The maximum absolute atomic E-state index is 12.6. The van der Waals surface area contributed by atoms with Crippen molar-refractivity contribution in [1.29, 1.82) is 0 Å². The van der Waals surface area contributed by atoms with Crippen LogP contribution < -0.4 is 10.0 Å². The number of amides is 1. The SMILES string of the molecule is Cc1ccc(C(=O)NCCSC2CCCC2)cc1NS(=O)(=O)c1ccccc1. The number of sulfonamides is 1. The molecule has 28 heavy (non-hydrogen) atoms. The summed E-state index contributed by atoms with van der Waals surface area (Å²) in [5.41, 5.74) is 1.62. The molecule has 0 saturated heterocycles. The standard InChI is InChI=1S/C21H26N2O3S2/c1-16-11-12-17(21(24)22-13-14-27-18-7-5-6-8-18)15-20(16)23-28(25,26)19-9-3-2-4-10-19/h2-4,9-12,15,18,23H,5-8,13-14H2,1H3,(H,22,24). The van der Waals surface area contributed by atoms with E-state index in [9.17, 15) is 13.2 Å². The Morgan fingerprint density at radius 1 is 1.11 bits per heavy atom. The van der Waals surface area contributed by atoms with Crippen LogP contribution in [0, 0.1) is 6.92 Å². The summed E-state index contributed by atoms with van der Waals surface area (Å²) in [6, 6.07) is 13.3. The van der Waals surface area contributed by atoms with Crippen LogP contribution in [0.2, 0.25) is 0 Å². The second kappa shape index (κ2) is 9.47. The number of aryl methyl sites for hydroxylation is 1. The van der Waals surface area contributed by atoms with Gasteiger partial charge in [-0.1, -0.05) is 37.1 Å². The highest BCUT2D eigenvalue weighted by Gasteiger charge is 2.17. The van der Waals surface area contributed by atoms with Gasteiger partial charge in [0.05, 0.1) is 10.6 Å². The predicted octanol–water partition coefficient (Wildman–Crippen LogP) is 4.20. The van der Waals surface area contributed by atoms with Gasteiger partial charge in [0.2, 0.25) is 0 Å². The van der Waals surface area contributed by atoms with Crippen LogP contribution in [0.3, 0.4) is 0 Å². The van der Waals surface area contributed by atoms with Crippen molar-refractivity contribution in [1.82, 2.24) is 5.32 Å². The Bertz CT molecular complexity index is 909. The Morgan fingerprint density at radius 3 is 2.54 bits per heavy atom. The van der Waals surface area contributed by atoms with E-state index in [1.165, 1.54) is 37.8 Å². The molecule has 5 nitrogen and oxygen atoms in total. The topological polar surface area (TPSA) is 75.3 Å². The molecule has 2 N–H and O–H groups in total. The maximum atomic E-state index is 12.6. The van der Waals surface area contributed by atoms with Crippen molar-refractivity contribution in [2.24, 2.45) is 0 Å². The molecule has 2 aromatic carbocycles. The normalized spacial score (nSPS) is 14.8. The van der Waals surface area contributed by atoms with Crippen LogP contribution in [0.5, 0.6) is 0 Å². The van der Waals surface area contributed by atoms with Crippen LogP contribution in [0.15, 0.2) is 53.4 Å². The van der Waals surface area contributed by atoms with Crippen LogP contribution in [-0.4, -0.2) is 31.9 Å². The largest absolute Gasteiger partial charge is 0.351 e. The van der Waals surface area contributed by atoms with Crippen LogP contribution in [-0.2, 0) is 10.0 Å². The van der Waals surface area contributed by atoms with E-state index in [-0.39, 0.29) is 10.8 Å². The second-order valence-corrected chi connectivity index (χ2v) is 10.1. The third-order valence-electron chi connectivity index (χ3n) is 4.84. The molecule has 1 aliphatic carbocycles. The molecular formula is C21H26N2O3S2. The van der Waals surface area contributed by atoms with E-state index in [0.29, 0.717) is 17.8 Å². The smallest absolute Gasteiger partial charge is 0.261 e. The van der Waals surface area contributed by atoms with Gasteiger partial charge in [-0.2, -0.15) is 11.8 Å². The molecule has 1 fully saturated rings. The first kappa shape index (κ1) is 20.7. The minimum Gasteiger partial charge on any atom is -0.351 e. The monoisotopic (exact) mass is 418 g/mol. The molecule has 1 amide bonds. The van der Waals surface area contributed by atoms with E-state index in [0.717, 1.165) is 16.6 Å². The first-order chi connectivity index (χ1) is 13.5. The van der Waals surface area contributed by atoms with Gasteiger partial charge in [0, 0.05) is 23.1 Å². The van der Waals surface area contributed by atoms with E-state index < -0.39 is 10.0 Å². The van der Waals surface area contributed by atoms with Gasteiger partial charge in [-0.3, -0.25) is 9.52 Å². The number of rotatable bonds is 8. The third-order valence-corrected chi connectivity index (χ3v) is 7.61. The van der Waals surface area contributed by atoms with E-state index in [1.807, 2.05) is 18.7 Å². The van der Waals surface area contributed by atoms with Gasteiger partial charge in [-0.05, 0) is 49.6 Å². The highest BCUT2D eigenvalue weighted by atomic mass is 32.2. The Labute approximate surface area is 171 Å². The lowest BCUT2D eigenvalue weighted by molar-refractivity contribution is 0.0956. The molecule has 1 aliphatic rings. The van der Waals surface area contributed by atoms with E-state index in [2.05, 4.69) is 10.0 Å². The molecule has 0 heterocycles. The molecule has 0 aromatic heterocycles. The van der Waals surface area contributed by atoms with Crippen LogP contribution in [0.4, 0.5) is 5.69 Å². The highest BCUT2D eigenvalue weighted by Crippen LogP contribution is 2.29. The number of nitrogens with one attached hydrogen (secondary N) is 2. The van der Waals surface area contributed by atoms with Gasteiger partial charge in [0.25, 0.3) is 15.9 Å². The summed E-state index contributed by atoms with van der Waals surface area (Å²) in [7, 11) is -3.69. The quantitative estimate of drug-likeness (QED) is 0.630. The zero-order valence-corrected chi connectivity index (χ0v) is 17.6. The van der Waals surface area contributed by atoms with Crippen molar-refractivity contribution in [3.63, 3.8) is 0 Å². The first-order valence-electron chi connectivity index (χ1n) is 9.54. The lowest BCUT2D eigenvalue weighted by Crippen LogP contribution is -2.26. The summed E-state index contributed by atoms with van der Waals surface area (Å²) in [6.45, 7) is 2.42. The zero-order valence-electron chi connectivity index (χ0n) is 16.0. The summed E-state index contributed by atoms with van der Waals surface area (Å²) in [5.74, 6) is 0.711. The third kappa shape index (κ3) is 5.52. The first-order valence-corrected chi connectivity index (χ1v) is 12.1. The Balaban J connectivity index is 1.61. The summed E-state index contributed by atoms with van der Waals surface area (Å²) < 4.78 is 27.7. The summed E-state index contributed by atoms with van der Waals surface area (Å²) >= 11 is 1.93. The Morgan fingerprint density at radius 2 is 1.82 bits per heavy atom. The Hall–Kier alpha value is -1.99. The molecule has 1 saturated carbocycles. The predicted molar refractivity (Wildman–Crippen MR) is 115 cm³/mol. The molecule has 0 unspecified atom stereocenters. The minimum absolute atomic E-state index is 0.188. The second-order valence-electron chi connectivity index (χ2n) is 6.98. The average molecular weight is 419 g/mol. The highest BCUT2D eigenvalue weighted by molar-refractivity contribution is 7.99. The fraction of sp³-hybridized carbons (Fsp3) is 0.381. The molecule has 0 radical (unpaired) electrons. The van der Waals surface area contributed by atoms with Crippen molar-refractivity contribution in [2.75, 3.05) is 17.0 Å². The number of carbonyl (C=O) groups is 1. The van der Waals surface area contributed by atoms with Crippen molar-refractivity contribution < 1.29 is 13.2 Å². The summed E-state index contributed by atoms with van der Waals surface area (Å²) in [5, 5.41) is 3.66. The number of hydrogen-bond acceptors (Lipinski definition) is 4. The molecule has 0 bridgehead atoms. The van der Waals surface area contributed by atoms with E-state index >= 15 is 0 Å². The van der Waals surface area contributed by atoms with Gasteiger partial charge in [-0.25, -0.2) is 8.42 Å². The van der Waals surface area contributed by atoms with Gasteiger partial charge < -0.3 is 5.32 Å². The van der Waals surface area contributed by atoms with Crippen molar-refractivity contribution in [3.05, 3.63) is 59.7 Å². The average Bonchev–Trinajstić information content (AvgIpc) is 3.21. The lowest BCUT2D eigenvalue weighted by Gasteiger charge is -2.13. The van der Waals surface area contributed by atoms with Crippen molar-refractivity contribution in [2.45, 2.75) is 42.8 Å². The zero-order chi connectivity index (χ0) is 20.0. The molecule has 0 aliphatic heterocycles. The van der Waals surface area contributed by atoms with E-state index in [1.54, 1.807) is 36.4 Å². The summed E-state index contributed by atoms with van der Waals surface area (Å²) in [4.78, 5) is 12.6. The minimum atomic E-state index is -3.69. The van der Waals surface area contributed by atoms with Crippen molar-refractivity contribution >= 4 is 33.4 Å². The van der Waals surface area contributed by atoms with E-state index in [4.69, 9.17) is 0 Å². The lowest BCUT2D eigenvalue weighted by atomic mass is 10.1. The number of benzene rings is 2. The van der Waals surface area contributed by atoms with Gasteiger partial charge in [-0.15, -0.1) is 0 Å². The van der Waals surface area contributed by atoms with Crippen LogP contribution in [0.1, 0.15) is 41.6 Å². The fourth-order valence-corrected chi connectivity index (χ4v) is 5.59. The molecule has 0 atom stereocenters. The summed E-state index contributed by atoms with van der Waals surface area (Å²) in [6.07, 6.45) is 5.19. The number of carbonyl (C=O) groups excluding carboxylic acids is 1. The number of hydrogen-bond donors (Lipinski definition) is 2. The van der Waals surface area contributed by atoms with Crippen molar-refractivity contribution in [3.8, 4) is 0 Å². The molecule has 2 aromatic rings. The molecule has 3 rings (SSSR count). The molecule has 7 heteroatoms. The van der Waals surface area contributed by atoms with Gasteiger partial charge in [0.15, 0.2) is 0 Å². The fourth-order valence-electron chi connectivity index (χ4n) is 3.22. The number of anilines is 1. The van der Waals surface area contributed by atoms with Crippen LogP contribution >= 0.6 is 11.8 Å². The molecule has 0 spiro atoms.